The summed E-state index contributed by atoms with van der Waals surface area (Å²) in [4.78, 5) is 21.5. The van der Waals surface area contributed by atoms with E-state index < -0.39 is 5.97 Å². The molecule has 0 spiro atoms. The Balaban J connectivity index is 1.99. The van der Waals surface area contributed by atoms with Crippen LogP contribution in [0, 0.1) is 12.8 Å². The monoisotopic (exact) mass is 335 g/mol. The minimum absolute atomic E-state index is 0.194. The van der Waals surface area contributed by atoms with E-state index in [1.165, 1.54) is 0 Å². The molecule has 1 heterocycles. The zero-order chi connectivity index (χ0) is 17.8. The van der Waals surface area contributed by atoms with Crippen LogP contribution < -0.4 is 5.32 Å². The first-order valence-corrected chi connectivity index (χ1v) is 8.30. The van der Waals surface area contributed by atoms with Gasteiger partial charge in [-0.15, -0.1) is 0 Å². The van der Waals surface area contributed by atoms with E-state index in [0.29, 0.717) is 17.9 Å². The predicted molar refractivity (Wildman–Crippen MR) is 99.1 cm³/mol. The number of esters is 1. The van der Waals surface area contributed by atoms with Gasteiger partial charge in [0.05, 0.1) is 17.6 Å². The number of fused-ring (bicyclic) bond motifs is 1. The van der Waals surface area contributed by atoms with E-state index in [9.17, 15) is 4.79 Å². The molecule has 0 radical (unpaired) electrons. The number of carbonyl (C=O) groups is 1. The molecule has 1 aromatic heterocycles. The number of carbonyl (C=O) groups excluding carboxylic acids is 1. The summed E-state index contributed by atoms with van der Waals surface area (Å²) in [6.07, 6.45) is 0. The highest BCUT2D eigenvalue weighted by Gasteiger charge is 2.18. The molecule has 0 saturated heterocycles. The number of benzene rings is 2. The second kappa shape index (κ2) is 7.30. The normalized spacial score (nSPS) is 10.9. The van der Waals surface area contributed by atoms with Crippen LogP contribution in [0.25, 0.3) is 11.0 Å². The maximum absolute atomic E-state index is 12.5. The number of aromatic nitrogens is 2. The van der Waals surface area contributed by atoms with Crippen molar-refractivity contribution in [3.8, 4) is 0 Å². The van der Waals surface area contributed by atoms with Gasteiger partial charge in [0.15, 0.2) is 11.5 Å². The largest absolute Gasteiger partial charge is 0.461 e. The van der Waals surface area contributed by atoms with Gasteiger partial charge in [-0.05, 0) is 37.1 Å². The van der Waals surface area contributed by atoms with Gasteiger partial charge in [-0.3, -0.25) is 0 Å². The van der Waals surface area contributed by atoms with Crippen LogP contribution in [-0.2, 0) is 4.74 Å². The number of anilines is 2. The van der Waals surface area contributed by atoms with Gasteiger partial charge in [0.2, 0.25) is 0 Å². The molecule has 3 rings (SSSR count). The molecule has 3 aromatic rings. The number of aryl methyl sites for hydroxylation is 1. The molecule has 5 heteroatoms. The van der Waals surface area contributed by atoms with Crippen LogP contribution >= 0.6 is 0 Å². The summed E-state index contributed by atoms with van der Waals surface area (Å²) in [7, 11) is 0. The first-order valence-electron chi connectivity index (χ1n) is 8.30. The van der Waals surface area contributed by atoms with Gasteiger partial charge in [-0.1, -0.05) is 43.7 Å². The van der Waals surface area contributed by atoms with Crippen molar-refractivity contribution in [3.63, 3.8) is 0 Å². The van der Waals surface area contributed by atoms with E-state index in [0.717, 1.165) is 16.8 Å². The van der Waals surface area contributed by atoms with Gasteiger partial charge < -0.3 is 10.1 Å². The zero-order valence-corrected chi connectivity index (χ0v) is 14.6. The number of rotatable bonds is 5. The Labute approximate surface area is 147 Å². The molecule has 0 unspecified atom stereocenters. The van der Waals surface area contributed by atoms with Gasteiger partial charge in [0.25, 0.3) is 0 Å². The van der Waals surface area contributed by atoms with E-state index in [2.05, 4.69) is 15.3 Å². The second-order valence-electron chi connectivity index (χ2n) is 6.39. The molecule has 2 aromatic carbocycles. The highest BCUT2D eigenvalue weighted by molar-refractivity contribution is 5.96. The maximum Gasteiger partial charge on any atom is 0.360 e. The SMILES string of the molecule is Cc1ccc(Nc2nc3ccccc3nc2C(=O)OCC(C)C)cc1. The topological polar surface area (TPSA) is 64.1 Å². The molecule has 128 valence electrons. The van der Waals surface area contributed by atoms with Crippen LogP contribution in [0.4, 0.5) is 11.5 Å². The molecule has 0 aliphatic carbocycles. The minimum Gasteiger partial charge on any atom is -0.461 e. The van der Waals surface area contributed by atoms with Gasteiger partial charge in [0, 0.05) is 5.69 Å². The van der Waals surface area contributed by atoms with Crippen LogP contribution in [0.3, 0.4) is 0 Å². The van der Waals surface area contributed by atoms with E-state index in [1.54, 1.807) is 0 Å². The molecule has 5 nitrogen and oxygen atoms in total. The lowest BCUT2D eigenvalue weighted by molar-refractivity contribution is 0.0453. The summed E-state index contributed by atoms with van der Waals surface area (Å²) in [5.74, 6) is 0.184. The second-order valence-corrected chi connectivity index (χ2v) is 6.39. The number of hydrogen-bond acceptors (Lipinski definition) is 5. The van der Waals surface area contributed by atoms with Gasteiger partial charge in [-0.25, -0.2) is 14.8 Å². The van der Waals surface area contributed by atoms with Crippen molar-refractivity contribution in [2.45, 2.75) is 20.8 Å². The molecular formula is C20H21N3O2. The quantitative estimate of drug-likeness (QED) is 0.696. The van der Waals surface area contributed by atoms with E-state index >= 15 is 0 Å². The third-order valence-electron chi connectivity index (χ3n) is 3.63. The van der Waals surface area contributed by atoms with E-state index in [1.807, 2.05) is 69.3 Å². The number of nitrogens with zero attached hydrogens (tertiary/aromatic N) is 2. The number of hydrogen-bond donors (Lipinski definition) is 1. The lowest BCUT2D eigenvalue weighted by atomic mass is 10.2. The molecule has 0 aliphatic rings. The lowest BCUT2D eigenvalue weighted by Crippen LogP contribution is -2.15. The number of para-hydroxylation sites is 2. The summed E-state index contributed by atoms with van der Waals surface area (Å²) >= 11 is 0. The molecule has 1 N–H and O–H groups in total. The van der Waals surface area contributed by atoms with Crippen LogP contribution in [-0.4, -0.2) is 22.5 Å². The maximum atomic E-state index is 12.5. The average Bonchev–Trinajstić information content (AvgIpc) is 2.61. The summed E-state index contributed by atoms with van der Waals surface area (Å²) in [5, 5.41) is 3.19. The minimum atomic E-state index is -0.471. The fourth-order valence-corrected chi connectivity index (χ4v) is 2.31. The smallest absolute Gasteiger partial charge is 0.360 e. The lowest BCUT2D eigenvalue weighted by Gasteiger charge is -2.12. The highest BCUT2D eigenvalue weighted by atomic mass is 16.5. The van der Waals surface area contributed by atoms with E-state index in [-0.39, 0.29) is 11.6 Å². The van der Waals surface area contributed by atoms with E-state index in [4.69, 9.17) is 4.74 Å². The molecule has 0 bridgehead atoms. The van der Waals surface area contributed by atoms with Crippen molar-refractivity contribution in [2.75, 3.05) is 11.9 Å². The Morgan fingerprint density at radius 3 is 2.32 bits per heavy atom. The molecule has 0 fully saturated rings. The van der Waals surface area contributed by atoms with Crippen molar-refractivity contribution in [2.24, 2.45) is 5.92 Å². The van der Waals surface area contributed by atoms with Crippen molar-refractivity contribution in [3.05, 3.63) is 59.8 Å². The fourth-order valence-electron chi connectivity index (χ4n) is 2.31. The molecule has 0 saturated carbocycles. The van der Waals surface area contributed by atoms with Crippen molar-refractivity contribution in [1.82, 2.24) is 9.97 Å². The first kappa shape index (κ1) is 16.9. The van der Waals surface area contributed by atoms with Crippen LogP contribution in [0.5, 0.6) is 0 Å². The van der Waals surface area contributed by atoms with Crippen molar-refractivity contribution >= 4 is 28.5 Å². The number of nitrogens with one attached hydrogen (secondary N) is 1. The fraction of sp³-hybridized carbons (Fsp3) is 0.250. The molecule has 25 heavy (non-hydrogen) atoms. The Kier molecular flexibility index (Phi) is 4.93. The summed E-state index contributed by atoms with van der Waals surface area (Å²) in [5.41, 5.74) is 3.57. The summed E-state index contributed by atoms with van der Waals surface area (Å²) < 4.78 is 5.35. The Bertz CT molecular complexity index is 889. The highest BCUT2D eigenvalue weighted by Crippen LogP contribution is 2.22. The molecule has 0 atom stereocenters. The standard InChI is InChI=1S/C20H21N3O2/c1-13(2)12-25-20(24)18-19(21-15-10-8-14(3)9-11-15)23-17-7-5-4-6-16(17)22-18/h4-11,13H,12H2,1-3H3,(H,21,23). The Hall–Kier alpha value is -2.95. The Morgan fingerprint density at radius 2 is 1.68 bits per heavy atom. The van der Waals surface area contributed by atoms with Gasteiger partial charge in [-0.2, -0.15) is 0 Å². The summed E-state index contributed by atoms with van der Waals surface area (Å²) in [6.45, 7) is 6.35. The Morgan fingerprint density at radius 1 is 1.04 bits per heavy atom. The first-order chi connectivity index (χ1) is 12.0. The predicted octanol–water partition coefficient (Wildman–Crippen LogP) is 4.49. The summed E-state index contributed by atoms with van der Waals surface area (Å²) in [6, 6.07) is 15.3. The van der Waals surface area contributed by atoms with Gasteiger partial charge >= 0.3 is 5.97 Å². The zero-order valence-electron chi connectivity index (χ0n) is 14.6. The van der Waals surface area contributed by atoms with Crippen molar-refractivity contribution in [1.29, 1.82) is 0 Å². The number of ether oxygens (including phenoxy) is 1. The molecule has 0 amide bonds. The van der Waals surface area contributed by atoms with Gasteiger partial charge in [0.1, 0.15) is 0 Å². The molecular weight excluding hydrogens is 314 g/mol. The van der Waals surface area contributed by atoms with Crippen LogP contribution in [0.15, 0.2) is 48.5 Å². The molecule has 0 aliphatic heterocycles. The van der Waals surface area contributed by atoms with Crippen LogP contribution in [0.1, 0.15) is 29.9 Å². The van der Waals surface area contributed by atoms with Crippen molar-refractivity contribution < 1.29 is 9.53 Å². The third-order valence-corrected chi connectivity index (χ3v) is 3.63. The average molecular weight is 335 g/mol. The third kappa shape index (κ3) is 4.12. The van der Waals surface area contributed by atoms with Crippen LogP contribution in [0.2, 0.25) is 0 Å².